The standard InChI is InChI=1S/C13H14ClN3O/c1-2-17-8-9(7-16-17)5-13(18)10-3-4-11(14)12(15)6-10/h3-4,6-8H,2,5,15H2,1H3. The fourth-order valence-electron chi connectivity index (χ4n) is 1.68. The van der Waals surface area contributed by atoms with Crippen molar-refractivity contribution in [2.24, 2.45) is 0 Å². The molecule has 0 saturated carbocycles. The Labute approximate surface area is 110 Å². The van der Waals surface area contributed by atoms with Crippen molar-refractivity contribution in [2.75, 3.05) is 5.73 Å². The summed E-state index contributed by atoms with van der Waals surface area (Å²) in [6.45, 7) is 2.79. The van der Waals surface area contributed by atoms with Gasteiger partial charge < -0.3 is 5.73 Å². The van der Waals surface area contributed by atoms with Crippen LogP contribution in [-0.2, 0) is 13.0 Å². The van der Waals surface area contributed by atoms with Crippen LogP contribution in [0, 0.1) is 0 Å². The first-order chi connectivity index (χ1) is 8.60. The quantitative estimate of drug-likeness (QED) is 0.681. The van der Waals surface area contributed by atoms with E-state index in [1.807, 2.05) is 13.1 Å². The zero-order valence-electron chi connectivity index (χ0n) is 10.1. The van der Waals surface area contributed by atoms with Gasteiger partial charge in [0.1, 0.15) is 0 Å². The molecule has 0 atom stereocenters. The Morgan fingerprint density at radius 3 is 2.89 bits per heavy atom. The fourth-order valence-corrected chi connectivity index (χ4v) is 1.79. The van der Waals surface area contributed by atoms with Gasteiger partial charge >= 0.3 is 0 Å². The number of carbonyl (C=O) groups is 1. The number of aromatic nitrogens is 2. The molecule has 0 spiro atoms. The maximum atomic E-state index is 12.0. The van der Waals surface area contributed by atoms with Crippen molar-refractivity contribution < 1.29 is 4.79 Å². The van der Waals surface area contributed by atoms with E-state index in [2.05, 4.69) is 5.10 Å². The molecule has 1 heterocycles. The summed E-state index contributed by atoms with van der Waals surface area (Å²) in [5.41, 5.74) is 7.57. The molecule has 0 radical (unpaired) electrons. The van der Waals surface area contributed by atoms with Gasteiger partial charge in [0.05, 0.1) is 16.9 Å². The summed E-state index contributed by atoms with van der Waals surface area (Å²) in [6, 6.07) is 4.93. The van der Waals surface area contributed by atoms with E-state index in [1.165, 1.54) is 0 Å². The molecule has 0 aliphatic carbocycles. The van der Waals surface area contributed by atoms with Gasteiger partial charge in [0.2, 0.25) is 0 Å². The normalized spacial score (nSPS) is 10.6. The predicted octanol–water partition coefficient (Wildman–Crippen LogP) is 2.56. The van der Waals surface area contributed by atoms with Crippen LogP contribution in [0.4, 0.5) is 5.69 Å². The number of ketones is 1. The second-order valence-corrected chi connectivity index (χ2v) is 4.45. The van der Waals surface area contributed by atoms with Crippen molar-refractivity contribution >= 4 is 23.1 Å². The Kier molecular flexibility index (Phi) is 3.67. The third kappa shape index (κ3) is 2.71. The number of hydrogen-bond donors (Lipinski definition) is 1. The lowest BCUT2D eigenvalue weighted by Gasteiger charge is -2.02. The molecular formula is C13H14ClN3O. The Hall–Kier alpha value is -1.81. The summed E-state index contributed by atoms with van der Waals surface area (Å²) in [6.07, 6.45) is 3.90. The van der Waals surface area contributed by atoms with E-state index in [0.29, 0.717) is 22.7 Å². The minimum atomic E-state index is 0.00835. The zero-order chi connectivity index (χ0) is 13.1. The lowest BCUT2D eigenvalue weighted by molar-refractivity contribution is 0.0993. The molecule has 4 nitrogen and oxygen atoms in total. The third-order valence-corrected chi connectivity index (χ3v) is 3.04. The highest BCUT2D eigenvalue weighted by Crippen LogP contribution is 2.20. The molecule has 0 saturated heterocycles. The van der Waals surface area contributed by atoms with Gasteiger partial charge in [-0.3, -0.25) is 9.48 Å². The predicted molar refractivity (Wildman–Crippen MR) is 71.8 cm³/mol. The van der Waals surface area contributed by atoms with Crippen LogP contribution in [0.1, 0.15) is 22.8 Å². The number of Topliss-reactive ketones (excluding diaryl/α,β-unsaturated/α-hetero) is 1. The topological polar surface area (TPSA) is 60.9 Å². The first-order valence-electron chi connectivity index (χ1n) is 5.69. The van der Waals surface area contributed by atoms with Gasteiger partial charge in [0, 0.05) is 24.7 Å². The Morgan fingerprint density at radius 1 is 1.50 bits per heavy atom. The van der Waals surface area contributed by atoms with Crippen LogP contribution in [0.3, 0.4) is 0 Å². The third-order valence-electron chi connectivity index (χ3n) is 2.69. The molecule has 1 aromatic heterocycles. The molecular weight excluding hydrogens is 250 g/mol. The van der Waals surface area contributed by atoms with Gasteiger partial charge in [-0.1, -0.05) is 11.6 Å². The van der Waals surface area contributed by atoms with E-state index in [-0.39, 0.29) is 5.78 Å². The number of rotatable bonds is 4. The maximum Gasteiger partial charge on any atom is 0.167 e. The monoisotopic (exact) mass is 263 g/mol. The van der Waals surface area contributed by atoms with Crippen molar-refractivity contribution in [3.8, 4) is 0 Å². The van der Waals surface area contributed by atoms with Crippen LogP contribution in [0.25, 0.3) is 0 Å². The van der Waals surface area contributed by atoms with E-state index >= 15 is 0 Å². The SMILES string of the molecule is CCn1cc(CC(=O)c2ccc(Cl)c(N)c2)cn1. The molecule has 2 N–H and O–H groups in total. The number of anilines is 1. The molecule has 0 unspecified atom stereocenters. The molecule has 5 heteroatoms. The fraction of sp³-hybridized carbons (Fsp3) is 0.231. The van der Waals surface area contributed by atoms with Crippen LogP contribution in [0.2, 0.25) is 5.02 Å². The van der Waals surface area contributed by atoms with Crippen LogP contribution in [0.5, 0.6) is 0 Å². The Bertz CT molecular complexity index is 577. The lowest BCUT2D eigenvalue weighted by Crippen LogP contribution is -2.04. The molecule has 0 amide bonds. The largest absolute Gasteiger partial charge is 0.398 e. The van der Waals surface area contributed by atoms with Gasteiger partial charge in [0.25, 0.3) is 0 Å². The minimum absolute atomic E-state index is 0.00835. The molecule has 2 aromatic rings. The zero-order valence-corrected chi connectivity index (χ0v) is 10.8. The van der Waals surface area contributed by atoms with Crippen LogP contribution in [-0.4, -0.2) is 15.6 Å². The molecule has 18 heavy (non-hydrogen) atoms. The summed E-state index contributed by atoms with van der Waals surface area (Å²) < 4.78 is 1.79. The molecule has 0 fully saturated rings. The Balaban J connectivity index is 2.14. The Morgan fingerprint density at radius 2 is 2.28 bits per heavy atom. The number of aryl methyl sites for hydroxylation is 1. The summed E-state index contributed by atoms with van der Waals surface area (Å²) in [5.74, 6) is 0.00835. The number of nitrogen functional groups attached to an aromatic ring is 1. The molecule has 94 valence electrons. The highest BCUT2D eigenvalue weighted by Gasteiger charge is 2.10. The smallest absolute Gasteiger partial charge is 0.167 e. The van der Waals surface area contributed by atoms with Crippen molar-refractivity contribution in [1.82, 2.24) is 9.78 Å². The van der Waals surface area contributed by atoms with E-state index in [4.69, 9.17) is 17.3 Å². The molecule has 1 aromatic carbocycles. The van der Waals surface area contributed by atoms with E-state index < -0.39 is 0 Å². The van der Waals surface area contributed by atoms with Gasteiger partial charge in [0.15, 0.2) is 5.78 Å². The number of hydrogen-bond acceptors (Lipinski definition) is 3. The average molecular weight is 264 g/mol. The maximum absolute atomic E-state index is 12.0. The number of nitrogens with two attached hydrogens (primary N) is 1. The minimum Gasteiger partial charge on any atom is -0.398 e. The highest BCUT2D eigenvalue weighted by molar-refractivity contribution is 6.33. The van der Waals surface area contributed by atoms with Crippen LogP contribution >= 0.6 is 11.6 Å². The van der Waals surface area contributed by atoms with Gasteiger partial charge in [-0.25, -0.2) is 0 Å². The summed E-state index contributed by atoms with van der Waals surface area (Å²) in [7, 11) is 0. The summed E-state index contributed by atoms with van der Waals surface area (Å²) in [4.78, 5) is 12.0. The van der Waals surface area contributed by atoms with Gasteiger partial charge in [-0.05, 0) is 30.7 Å². The van der Waals surface area contributed by atoms with Crippen LogP contribution < -0.4 is 5.73 Å². The van der Waals surface area contributed by atoms with Crippen molar-refractivity contribution in [3.05, 3.63) is 46.7 Å². The van der Waals surface area contributed by atoms with Crippen LogP contribution in [0.15, 0.2) is 30.6 Å². The first-order valence-corrected chi connectivity index (χ1v) is 6.07. The summed E-state index contributed by atoms with van der Waals surface area (Å²) >= 11 is 5.82. The van der Waals surface area contributed by atoms with Gasteiger partial charge in [-0.2, -0.15) is 5.10 Å². The van der Waals surface area contributed by atoms with Crippen molar-refractivity contribution in [1.29, 1.82) is 0 Å². The number of halogens is 1. The second kappa shape index (κ2) is 5.23. The number of benzene rings is 1. The average Bonchev–Trinajstić information content (AvgIpc) is 2.80. The van der Waals surface area contributed by atoms with Gasteiger partial charge in [-0.15, -0.1) is 0 Å². The first kappa shape index (κ1) is 12.6. The second-order valence-electron chi connectivity index (χ2n) is 4.04. The van der Waals surface area contributed by atoms with E-state index in [9.17, 15) is 4.79 Å². The molecule has 0 aliphatic heterocycles. The van der Waals surface area contributed by atoms with E-state index in [1.54, 1.807) is 29.1 Å². The molecule has 0 bridgehead atoms. The van der Waals surface area contributed by atoms with E-state index in [0.717, 1.165) is 12.1 Å². The van der Waals surface area contributed by atoms with Crippen molar-refractivity contribution in [3.63, 3.8) is 0 Å². The lowest BCUT2D eigenvalue weighted by atomic mass is 10.0. The number of nitrogens with zero attached hydrogens (tertiary/aromatic N) is 2. The van der Waals surface area contributed by atoms with Crippen molar-refractivity contribution in [2.45, 2.75) is 19.9 Å². The summed E-state index contributed by atoms with van der Waals surface area (Å²) in [5, 5.41) is 4.60. The molecule has 2 rings (SSSR count). The highest BCUT2D eigenvalue weighted by atomic mass is 35.5. The number of carbonyl (C=O) groups excluding carboxylic acids is 1. The molecule has 0 aliphatic rings.